The molecule has 1 aromatic carbocycles. The summed E-state index contributed by atoms with van der Waals surface area (Å²) in [5, 5.41) is 23.0. The molecular formula is C14H20N2O4. The van der Waals surface area contributed by atoms with Gasteiger partial charge in [0, 0.05) is 6.54 Å². The van der Waals surface area contributed by atoms with Crippen LogP contribution in [-0.4, -0.2) is 41.3 Å². The second-order valence-electron chi connectivity index (χ2n) is 4.47. The highest BCUT2D eigenvalue weighted by Gasteiger charge is 2.21. The van der Waals surface area contributed by atoms with Gasteiger partial charge in [0.2, 0.25) is 5.91 Å². The first-order valence-electron chi connectivity index (χ1n) is 6.46. The largest absolute Gasteiger partial charge is 0.480 e. The summed E-state index contributed by atoms with van der Waals surface area (Å²) in [7, 11) is 0. The van der Waals surface area contributed by atoms with Gasteiger partial charge in [-0.1, -0.05) is 30.3 Å². The predicted molar refractivity (Wildman–Crippen MR) is 74.1 cm³/mol. The Morgan fingerprint density at radius 1 is 1.25 bits per heavy atom. The molecule has 20 heavy (non-hydrogen) atoms. The van der Waals surface area contributed by atoms with Crippen molar-refractivity contribution in [2.45, 2.75) is 25.4 Å². The summed E-state index contributed by atoms with van der Waals surface area (Å²) < 4.78 is 0. The third-order valence-electron chi connectivity index (χ3n) is 2.87. The molecule has 0 aliphatic heterocycles. The summed E-state index contributed by atoms with van der Waals surface area (Å²) in [6.45, 7) is 1.80. The molecule has 2 unspecified atom stereocenters. The Hall–Kier alpha value is -1.92. The molecule has 1 amide bonds. The highest BCUT2D eigenvalue weighted by atomic mass is 16.4. The molecule has 110 valence electrons. The molecule has 0 saturated carbocycles. The fourth-order valence-electron chi connectivity index (χ4n) is 1.80. The molecule has 0 spiro atoms. The van der Waals surface area contributed by atoms with E-state index in [0.29, 0.717) is 0 Å². The van der Waals surface area contributed by atoms with Crippen molar-refractivity contribution in [1.29, 1.82) is 0 Å². The summed E-state index contributed by atoms with van der Waals surface area (Å²) in [6, 6.07) is 8.24. The molecule has 0 aliphatic carbocycles. The van der Waals surface area contributed by atoms with Crippen molar-refractivity contribution in [3.63, 3.8) is 0 Å². The molecule has 1 rings (SSSR count). The van der Waals surface area contributed by atoms with Gasteiger partial charge in [-0.2, -0.15) is 0 Å². The lowest BCUT2D eigenvalue weighted by molar-refractivity contribution is -0.141. The van der Waals surface area contributed by atoms with E-state index < -0.39 is 12.0 Å². The summed E-state index contributed by atoms with van der Waals surface area (Å²) in [4.78, 5) is 22.8. The number of rotatable bonds is 8. The topological polar surface area (TPSA) is 98.7 Å². The average molecular weight is 280 g/mol. The van der Waals surface area contributed by atoms with E-state index in [0.717, 1.165) is 5.56 Å². The van der Waals surface area contributed by atoms with E-state index in [2.05, 4.69) is 10.6 Å². The van der Waals surface area contributed by atoms with Crippen LogP contribution in [0, 0.1) is 0 Å². The zero-order valence-electron chi connectivity index (χ0n) is 11.4. The molecule has 0 heterocycles. The number of benzene rings is 1. The van der Waals surface area contributed by atoms with Crippen LogP contribution in [0.2, 0.25) is 0 Å². The number of aliphatic hydroxyl groups is 1. The number of hydrogen-bond donors (Lipinski definition) is 4. The maximum atomic E-state index is 11.8. The quantitative estimate of drug-likeness (QED) is 0.548. The monoisotopic (exact) mass is 280 g/mol. The van der Waals surface area contributed by atoms with Crippen molar-refractivity contribution < 1.29 is 19.8 Å². The van der Waals surface area contributed by atoms with Crippen LogP contribution < -0.4 is 10.6 Å². The standard InChI is InChI=1S/C14H20N2O4/c1-10(11-5-3-2-4-6-11)16-13(18)9-12(14(19)20)15-7-8-17/h2-6,10,12,15,17H,7-9H2,1H3,(H,16,18)(H,19,20). The molecular weight excluding hydrogens is 260 g/mol. The van der Waals surface area contributed by atoms with Crippen LogP contribution in [0.25, 0.3) is 0 Å². The van der Waals surface area contributed by atoms with E-state index >= 15 is 0 Å². The van der Waals surface area contributed by atoms with E-state index in [1.807, 2.05) is 37.3 Å². The van der Waals surface area contributed by atoms with Crippen molar-refractivity contribution in [2.75, 3.05) is 13.2 Å². The first-order valence-corrected chi connectivity index (χ1v) is 6.46. The fourth-order valence-corrected chi connectivity index (χ4v) is 1.80. The van der Waals surface area contributed by atoms with Crippen molar-refractivity contribution in [1.82, 2.24) is 10.6 Å². The van der Waals surface area contributed by atoms with Crippen LogP contribution in [0.3, 0.4) is 0 Å². The van der Waals surface area contributed by atoms with Gasteiger partial charge in [-0.15, -0.1) is 0 Å². The van der Waals surface area contributed by atoms with Crippen LogP contribution in [0.1, 0.15) is 24.9 Å². The molecule has 2 atom stereocenters. The first-order chi connectivity index (χ1) is 9.54. The number of amides is 1. The molecule has 0 saturated heterocycles. The summed E-state index contributed by atoms with van der Waals surface area (Å²) in [5.41, 5.74) is 0.955. The van der Waals surface area contributed by atoms with E-state index in [9.17, 15) is 9.59 Å². The Bertz CT molecular complexity index is 436. The Morgan fingerprint density at radius 2 is 1.90 bits per heavy atom. The minimum absolute atomic E-state index is 0.137. The molecule has 1 aromatic rings. The van der Waals surface area contributed by atoms with Crippen molar-refractivity contribution >= 4 is 11.9 Å². The van der Waals surface area contributed by atoms with Crippen LogP contribution in [0.5, 0.6) is 0 Å². The lowest BCUT2D eigenvalue weighted by Gasteiger charge is -2.17. The van der Waals surface area contributed by atoms with Crippen LogP contribution >= 0.6 is 0 Å². The Balaban J connectivity index is 2.51. The Morgan fingerprint density at radius 3 is 2.45 bits per heavy atom. The Kier molecular flexibility index (Phi) is 6.69. The molecule has 0 bridgehead atoms. The predicted octanol–water partition coefficient (Wildman–Crippen LogP) is 0.289. The summed E-state index contributed by atoms with van der Waals surface area (Å²) >= 11 is 0. The SMILES string of the molecule is CC(NC(=O)CC(NCCO)C(=O)O)c1ccccc1. The van der Waals surface area contributed by atoms with Crippen molar-refractivity contribution in [3.05, 3.63) is 35.9 Å². The zero-order chi connectivity index (χ0) is 15.0. The maximum Gasteiger partial charge on any atom is 0.321 e. The lowest BCUT2D eigenvalue weighted by Crippen LogP contribution is -2.42. The minimum Gasteiger partial charge on any atom is -0.480 e. The van der Waals surface area contributed by atoms with Gasteiger partial charge >= 0.3 is 5.97 Å². The third-order valence-corrected chi connectivity index (χ3v) is 2.87. The van der Waals surface area contributed by atoms with E-state index in [1.165, 1.54) is 0 Å². The van der Waals surface area contributed by atoms with E-state index in [1.54, 1.807) is 0 Å². The highest BCUT2D eigenvalue weighted by molar-refractivity contribution is 5.84. The third kappa shape index (κ3) is 5.38. The minimum atomic E-state index is -1.11. The second kappa shape index (κ2) is 8.29. The van der Waals surface area contributed by atoms with Crippen LogP contribution in [0.15, 0.2) is 30.3 Å². The van der Waals surface area contributed by atoms with Gasteiger partial charge in [-0.3, -0.25) is 9.59 Å². The van der Waals surface area contributed by atoms with Gasteiger partial charge in [0.1, 0.15) is 6.04 Å². The molecule has 6 nitrogen and oxygen atoms in total. The highest BCUT2D eigenvalue weighted by Crippen LogP contribution is 2.11. The number of carboxylic acid groups (broad SMARTS) is 1. The smallest absolute Gasteiger partial charge is 0.321 e. The molecule has 0 aromatic heterocycles. The summed E-state index contributed by atoms with van der Waals surface area (Å²) in [5.74, 6) is -1.46. The number of nitrogens with one attached hydrogen (secondary N) is 2. The maximum absolute atomic E-state index is 11.8. The van der Waals surface area contributed by atoms with Gasteiger partial charge in [0.05, 0.1) is 19.1 Å². The molecule has 0 aliphatic rings. The van der Waals surface area contributed by atoms with Crippen LogP contribution in [-0.2, 0) is 9.59 Å². The first kappa shape index (κ1) is 16.1. The van der Waals surface area contributed by atoms with E-state index in [4.69, 9.17) is 10.2 Å². The van der Waals surface area contributed by atoms with E-state index in [-0.39, 0.29) is 31.5 Å². The Labute approximate surface area is 117 Å². The van der Waals surface area contributed by atoms with Gasteiger partial charge in [0.25, 0.3) is 0 Å². The number of hydrogen-bond acceptors (Lipinski definition) is 4. The zero-order valence-corrected chi connectivity index (χ0v) is 11.4. The average Bonchev–Trinajstić information content (AvgIpc) is 2.44. The normalized spacial score (nSPS) is 13.5. The lowest BCUT2D eigenvalue weighted by atomic mass is 10.1. The molecule has 4 N–H and O–H groups in total. The molecule has 0 fully saturated rings. The molecule has 6 heteroatoms. The number of carbonyl (C=O) groups is 2. The summed E-state index contributed by atoms with van der Waals surface area (Å²) in [6.07, 6.45) is -0.174. The van der Waals surface area contributed by atoms with Crippen molar-refractivity contribution in [2.24, 2.45) is 0 Å². The molecule has 0 radical (unpaired) electrons. The number of carboxylic acids is 1. The van der Waals surface area contributed by atoms with Gasteiger partial charge in [-0.05, 0) is 12.5 Å². The number of aliphatic carboxylic acids is 1. The van der Waals surface area contributed by atoms with Gasteiger partial charge in [-0.25, -0.2) is 0 Å². The fraction of sp³-hybridized carbons (Fsp3) is 0.429. The van der Waals surface area contributed by atoms with Gasteiger partial charge in [0.15, 0.2) is 0 Å². The second-order valence-corrected chi connectivity index (χ2v) is 4.47. The van der Waals surface area contributed by atoms with Crippen LogP contribution in [0.4, 0.5) is 0 Å². The van der Waals surface area contributed by atoms with Gasteiger partial charge < -0.3 is 20.8 Å². The van der Waals surface area contributed by atoms with Crippen molar-refractivity contribution in [3.8, 4) is 0 Å². The number of aliphatic hydroxyl groups excluding tert-OH is 1. The number of carbonyl (C=O) groups excluding carboxylic acids is 1.